The van der Waals surface area contributed by atoms with Gasteiger partial charge in [-0.1, -0.05) is 17.7 Å². The first-order chi connectivity index (χ1) is 7.13. The van der Waals surface area contributed by atoms with Gasteiger partial charge in [-0.25, -0.2) is 0 Å². The number of hydrogen-bond donors (Lipinski definition) is 0. The summed E-state index contributed by atoms with van der Waals surface area (Å²) in [4.78, 5) is 0. The molecular weight excluding hydrogens is 184 g/mol. The molecule has 0 aromatic rings. The number of fused-ring (bicyclic) bond motifs is 1. The predicted octanol–water partition coefficient (Wildman–Crippen LogP) is 3.73. The lowest BCUT2D eigenvalue weighted by atomic mass is 10.1. The van der Waals surface area contributed by atoms with Crippen LogP contribution in [0.1, 0.15) is 16.7 Å². The van der Waals surface area contributed by atoms with Crippen LogP contribution < -0.4 is 4.74 Å². The van der Waals surface area contributed by atoms with E-state index < -0.39 is 0 Å². The Balaban J connectivity index is 2.81. The highest BCUT2D eigenvalue weighted by Gasteiger charge is 2.14. The topological polar surface area (TPSA) is 9.23 Å². The summed E-state index contributed by atoms with van der Waals surface area (Å²) in [7, 11) is 1.73. The van der Waals surface area contributed by atoms with Crippen molar-refractivity contribution >= 4 is 0 Å². The van der Waals surface area contributed by atoms with E-state index in [4.69, 9.17) is 4.74 Å². The second-order valence-corrected chi connectivity index (χ2v) is 4.09. The molecule has 0 aliphatic heterocycles. The minimum atomic E-state index is 0.977. The van der Waals surface area contributed by atoms with Crippen molar-refractivity contribution in [1.29, 1.82) is 0 Å². The van der Waals surface area contributed by atoms with Crippen LogP contribution in [0.2, 0.25) is 0 Å². The van der Waals surface area contributed by atoms with E-state index in [2.05, 4.69) is 45.0 Å². The normalized spacial score (nSPS) is 10.7. The summed E-state index contributed by atoms with van der Waals surface area (Å²) < 4.78 is 5.40. The van der Waals surface area contributed by atoms with E-state index >= 15 is 0 Å². The molecule has 0 unspecified atom stereocenters. The van der Waals surface area contributed by atoms with Gasteiger partial charge in [0.25, 0.3) is 0 Å². The third-order valence-corrected chi connectivity index (χ3v) is 2.86. The maximum absolute atomic E-state index is 5.40. The molecule has 0 atom stereocenters. The van der Waals surface area contributed by atoms with Crippen LogP contribution in [0.15, 0.2) is 24.3 Å². The van der Waals surface area contributed by atoms with E-state index in [0.717, 1.165) is 5.75 Å². The van der Waals surface area contributed by atoms with Crippen LogP contribution >= 0.6 is 0 Å². The Morgan fingerprint density at radius 3 is 2.33 bits per heavy atom. The fourth-order valence-electron chi connectivity index (χ4n) is 2.13. The lowest BCUT2D eigenvalue weighted by Gasteiger charge is -2.02. The average Bonchev–Trinajstić information content (AvgIpc) is 2.42. The van der Waals surface area contributed by atoms with Crippen molar-refractivity contribution in [3.63, 3.8) is 0 Å². The first-order valence-electron chi connectivity index (χ1n) is 5.18. The largest absolute Gasteiger partial charge is 0.496 e. The summed E-state index contributed by atoms with van der Waals surface area (Å²) in [6.45, 7) is 6.39. The van der Waals surface area contributed by atoms with Gasteiger partial charge >= 0.3 is 0 Å². The molecule has 2 aliphatic carbocycles. The summed E-state index contributed by atoms with van der Waals surface area (Å²) >= 11 is 0. The van der Waals surface area contributed by atoms with Gasteiger partial charge in [-0.15, -0.1) is 0 Å². The lowest BCUT2D eigenvalue weighted by molar-refractivity contribution is 0.417. The van der Waals surface area contributed by atoms with Gasteiger partial charge in [0.2, 0.25) is 0 Å². The minimum absolute atomic E-state index is 0.977. The first kappa shape index (κ1) is 10.0. The summed E-state index contributed by atoms with van der Waals surface area (Å²) in [6.07, 6.45) is 0. The van der Waals surface area contributed by atoms with E-state index in [0.29, 0.717) is 0 Å². The van der Waals surface area contributed by atoms with Crippen molar-refractivity contribution in [3.05, 3.63) is 41.0 Å². The van der Waals surface area contributed by atoms with Gasteiger partial charge in [0.1, 0.15) is 5.75 Å². The highest BCUT2D eigenvalue weighted by Crippen LogP contribution is 2.39. The molecule has 0 fully saturated rings. The monoisotopic (exact) mass is 200 g/mol. The zero-order valence-corrected chi connectivity index (χ0v) is 9.72. The molecule has 2 aliphatic rings. The molecule has 2 rings (SSSR count). The number of ether oxygens (including phenoxy) is 1. The van der Waals surface area contributed by atoms with Crippen LogP contribution in [0.4, 0.5) is 0 Å². The van der Waals surface area contributed by atoms with Gasteiger partial charge in [-0.05, 0) is 49.6 Å². The molecule has 0 aromatic heterocycles. The third-order valence-electron chi connectivity index (χ3n) is 2.86. The smallest absolute Gasteiger partial charge is 0.126 e. The summed E-state index contributed by atoms with van der Waals surface area (Å²) in [5.74, 6) is 0.977. The SMILES string of the molecule is COc1cc(C)c2c(C)ccc(C)cc1-2. The molecular formula is C14H16O. The lowest BCUT2D eigenvalue weighted by Crippen LogP contribution is -1.82. The standard InChI is InChI=1S/C14H16O/c1-9-5-6-10(2)14-11(3)8-13(15-4)12(14)7-9/h5-8H,1-4H3. The summed E-state index contributed by atoms with van der Waals surface area (Å²) in [6, 6.07) is 8.61. The molecule has 0 bridgehead atoms. The molecule has 0 N–H and O–H groups in total. The molecule has 0 radical (unpaired) electrons. The van der Waals surface area contributed by atoms with E-state index in [1.165, 1.54) is 27.8 Å². The van der Waals surface area contributed by atoms with Crippen molar-refractivity contribution in [3.8, 4) is 16.9 Å². The van der Waals surface area contributed by atoms with Gasteiger partial charge in [0.05, 0.1) is 7.11 Å². The average molecular weight is 200 g/mol. The molecule has 0 amide bonds. The quantitative estimate of drug-likeness (QED) is 0.681. The highest BCUT2D eigenvalue weighted by molar-refractivity contribution is 5.80. The van der Waals surface area contributed by atoms with Gasteiger partial charge in [0, 0.05) is 5.56 Å². The molecule has 0 spiro atoms. The van der Waals surface area contributed by atoms with Crippen molar-refractivity contribution < 1.29 is 4.74 Å². The van der Waals surface area contributed by atoms with Gasteiger partial charge in [-0.3, -0.25) is 0 Å². The van der Waals surface area contributed by atoms with Crippen molar-refractivity contribution in [2.75, 3.05) is 7.11 Å². The van der Waals surface area contributed by atoms with Crippen molar-refractivity contribution in [1.82, 2.24) is 0 Å². The molecule has 78 valence electrons. The Hall–Kier alpha value is -1.50. The number of rotatable bonds is 1. The molecule has 15 heavy (non-hydrogen) atoms. The minimum Gasteiger partial charge on any atom is -0.496 e. The Bertz CT molecular complexity index is 471. The van der Waals surface area contributed by atoms with E-state index in [1.54, 1.807) is 7.11 Å². The fraction of sp³-hybridized carbons (Fsp3) is 0.286. The predicted molar refractivity (Wildman–Crippen MR) is 63.8 cm³/mol. The second-order valence-electron chi connectivity index (χ2n) is 4.09. The van der Waals surface area contributed by atoms with Crippen LogP contribution in [-0.4, -0.2) is 7.11 Å². The Kier molecular flexibility index (Phi) is 2.39. The maximum atomic E-state index is 5.40. The Labute approximate surface area is 91.0 Å². The summed E-state index contributed by atoms with van der Waals surface area (Å²) in [5.41, 5.74) is 6.39. The second kappa shape index (κ2) is 3.58. The van der Waals surface area contributed by atoms with Gasteiger partial charge in [-0.2, -0.15) is 0 Å². The summed E-state index contributed by atoms with van der Waals surface area (Å²) in [5, 5.41) is 0. The van der Waals surface area contributed by atoms with Crippen LogP contribution in [0, 0.1) is 20.8 Å². The van der Waals surface area contributed by atoms with Crippen LogP contribution in [0.3, 0.4) is 0 Å². The molecule has 0 aromatic carbocycles. The molecule has 0 saturated heterocycles. The van der Waals surface area contributed by atoms with Crippen molar-refractivity contribution in [2.24, 2.45) is 0 Å². The zero-order valence-electron chi connectivity index (χ0n) is 9.72. The number of hydrogen-bond acceptors (Lipinski definition) is 1. The fourth-order valence-corrected chi connectivity index (χ4v) is 2.13. The number of aryl methyl sites for hydroxylation is 3. The highest BCUT2D eigenvalue weighted by atomic mass is 16.5. The van der Waals surface area contributed by atoms with E-state index in [1.807, 2.05) is 0 Å². The van der Waals surface area contributed by atoms with Gasteiger partial charge < -0.3 is 4.74 Å². The first-order valence-corrected chi connectivity index (χ1v) is 5.18. The van der Waals surface area contributed by atoms with Crippen LogP contribution in [0.25, 0.3) is 11.1 Å². The third kappa shape index (κ3) is 1.58. The molecule has 1 heteroatoms. The van der Waals surface area contributed by atoms with Crippen LogP contribution in [0.5, 0.6) is 5.75 Å². The van der Waals surface area contributed by atoms with Gasteiger partial charge in [0.15, 0.2) is 0 Å². The Morgan fingerprint density at radius 1 is 0.933 bits per heavy atom. The molecule has 0 saturated carbocycles. The van der Waals surface area contributed by atoms with E-state index in [-0.39, 0.29) is 0 Å². The Morgan fingerprint density at radius 2 is 1.67 bits per heavy atom. The van der Waals surface area contributed by atoms with Crippen LogP contribution in [-0.2, 0) is 0 Å². The zero-order chi connectivity index (χ0) is 11.0. The maximum Gasteiger partial charge on any atom is 0.126 e. The molecule has 1 nitrogen and oxygen atoms in total. The van der Waals surface area contributed by atoms with Crippen molar-refractivity contribution in [2.45, 2.75) is 20.8 Å². The molecule has 0 heterocycles. The number of methoxy groups -OCH3 is 1. The van der Waals surface area contributed by atoms with E-state index in [9.17, 15) is 0 Å².